The maximum Gasteiger partial charge on any atom is 0.0657 e. The second-order valence-electron chi connectivity index (χ2n) is 11.0. The average Bonchev–Trinajstić information content (AvgIpc) is 2.66. The highest BCUT2D eigenvalue weighted by atomic mass is 15.3. The third kappa shape index (κ3) is 4.55. The van der Waals surface area contributed by atoms with E-state index in [1.165, 1.54) is 45.0 Å². The van der Waals surface area contributed by atoms with Gasteiger partial charge < -0.3 is 9.80 Å². The first kappa shape index (κ1) is 23.9. The molecule has 0 saturated heterocycles. The van der Waals surface area contributed by atoms with Crippen LogP contribution in [0.15, 0.2) is 60.7 Å². The lowest BCUT2D eigenvalue weighted by atomic mass is 9.95. The van der Waals surface area contributed by atoms with E-state index in [4.69, 9.17) is 0 Å². The number of anilines is 4. The van der Waals surface area contributed by atoms with Gasteiger partial charge in [-0.2, -0.15) is 0 Å². The highest BCUT2D eigenvalue weighted by molar-refractivity contribution is 5.86. The molecular formula is C30H40N2. The fourth-order valence-corrected chi connectivity index (χ4v) is 4.79. The van der Waals surface area contributed by atoms with E-state index in [2.05, 4.69) is 140 Å². The predicted octanol–water partition coefficient (Wildman–Crippen LogP) is 8.79. The summed E-state index contributed by atoms with van der Waals surface area (Å²) in [7, 11) is 0. The van der Waals surface area contributed by atoms with Crippen molar-refractivity contribution in [3.05, 3.63) is 82.9 Å². The molecule has 0 unspecified atom stereocenters. The molecule has 0 heterocycles. The van der Waals surface area contributed by atoms with Crippen LogP contribution in [0.25, 0.3) is 0 Å². The Bertz CT molecular complexity index is 968. The smallest absolute Gasteiger partial charge is 0.0657 e. The third-order valence-corrected chi connectivity index (χ3v) is 6.03. The van der Waals surface area contributed by atoms with Crippen LogP contribution in [0.5, 0.6) is 0 Å². The molecule has 0 aliphatic carbocycles. The van der Waals surface area contributed by atoms with Crippen LogP contribution in [0.4, 0.5) is 22.7 Å². The molecule has 0 aliphatic rings. The van der Waals surface area contributed by atoms with Crippen molar-refractivity contribution in [1.82, 2.24) is 0 Å². The van der Waals surface area contributed by atoms with Crippen molar-refractivity contribution in [3.8, 4) is 0 Å². The molecule has 0 aliphatic heterocycles. The van der Waals surface area contributed by atoms with Crippen LogP contribution in [0.1, 0.15) is 63.8 Å². The third-order valence-electron chi connectivity index (χ3n) is 6.03. The Balaban J connectivity index is 2.38. The number of hydrogen-bond acceptors (Lipinski definition) is 2. The highest BCUT2D eigenvalue weighted by Crippen LogP contribution is 2.47. The van der Waals surface area contributed by atoms with E-state index in [0.29, 0.717) is 0 Å². The lowest BCUT2D eigenvalue weighted by Crippen LogP contribution is -2.42. The molecule has 3 aromatic rings. The molecule has 0 N–H and O–H groups in total. The largest absolute Gasteiger partial charge is 0.334 e. The molecular weight excluding hydrogens is 388 g/mol. The van der Waals surface area contributed by atoms with E-state index in [1.807, 2.05) is 0 Å². The molecule has 2 nitrogen and oxygen atoms in total. The minimum atomic E-state index is -0.0999. The summed E-state index contributed by atoms with van der Waals surface area (Å²) in [5.41, 5.74) is 10.0. The number of hydrogen-bond donors (Lipinski definition) is 0. The Kier molecular flexibility index (Phi) is 6.47. The van der Waals surface area contributed by atoms with Gasteiger partial charge in [-0.25, -0.2) is 0 Å². The molecule has 0 radical (unpaired) electrons. The summed E-state index contributed by atoms with van der Waals surface area (Å²) >= 11 is 0. The van der Waals surface area contributed by atoms with Crippen molar-refractivity contribution in [1.29, 1.82) is 0 Å². The van der Waals surface area contributed by atoms with E-state index in [9.17, 15) is 0 Å². The van der Waals surface area contributed by atoms with Crippen molar-refractivity contribution in [2.24, 2.45) is 0 Å². The predicted molar refractivity (Wildman–Crippen MR) is 142 cm³/mol. The van der Waals surface area contributed by atoms with E-state index in [-0.39, 0.29) is 11.1 Å². The first-order valence-corrected chi connectivity index (χ1v) is 11.7. The topological polar surface area (TPSA) is 6.48 Å². The zero-order valence-corrected chi connectivity index (χ0v) is 21.7. The number of para-hydroxylation sites is 4. The summed E-state index contributed by atoms with van der Waals surface area (Å²) in [6.07, 6.45) is 0. The van der Waals surface area contributed by atoms with E-state index in [0.717, 1.165) is 0 Å². The second-order valence-corrected chi connectivity index (χ2v) is 11.0. The van der Waals surface area contributed by atoms with Gasteiger partial charge in [0, 0.05) is 22.5 Å². The maximum atomic E-state index is 2.53. The zero-order chi connectivity index (χ0) is 23.8. The molecule has 3 rings (SSSR count). The molecule has 0 fully saturated rings. The molecule has 0 amide bonds. The van der Waals surface area contributed by atoms with Gasteiger partial charge in [-0.3, -0.25) is 0 Å². The van der Waals surface area contributed by atoms with Crippen LogP contribution in [-0.2, 0) is 0 Å². The van der Waals surface area contributed by atoms with Crippen molar-refractivity contribution in [3.63, 3.8) is 0 Å². The van der Waals surface area contributed by atoms with Gasteiger partial charge in [-0.05, 0) is 104 Å². The Morgan fingerprint density at radius 3 is 0.969 bits per heavy atom. The normalized spacial score (nSPS) is 12.1. The molecule has 170 valence electrons. The zero-order valence-electron chi connectivity index (χ0n) is 21.7. The Morgan fingerprint density at radius 2 is 0.719 bits per heavy atom. The van der Waals surface area contributed by atoms with Crippen LogP contribution in [0.3, 0.4) is 0 Å². The molecule has 0 atom stereocenters. The van der Waals surface area contributed by atoms with Gasteiger partial charge in [-0.15, -0.1) is 0 Å². The lowest BCUT2D eigenvalue weighted by molar-refractivity contribution is 0.544. The van der Waals surface area contributed by atoms with Crippen molar-refractivity contribution < 1.29 is 0 Å². The summed E-state index contributed by atoms with van der Waals surface area (Å²) in [6.45, 7) is 22.7. The monoisotopic (exact) mass is 428 g/mol. The summed E-state index contributed by atoms with van der Waals surface area (Å²) in [4.78, 5) is 5.05. The molecule has 0 aromatic heterocycles. The standard InChI is InChI=1S/C30H40N2/c1-21-15-13-16-22(2)27(21)31(29(5,6)7)25-19-11-12-20-26(25)32(30(8,9)10)28-23(3)17-14-18-24(28)4/h11-20H,1-10H3. The minimum Gasteiger partial charge on any atom is -0.334 e. The van der Waals surface area contributed by atoms with Crippen molar-refractivity contribution >= 4 is 22.7 Å². The van der Waals surface area contributed by atoms with E-state index in [1.54, 1.807) is 0 Å². The minimum absolute atomic E-state index is 0.0999. The van der Waals surface area contributed by atoms with Gasteiger partial charge in [0.05, 0.1) is 11.4 Å². The lowest BCUT2D eigenvalue weighted by Gasteiger charge is -2.45. The quantitative estimate of drug-likeness (QED) is 0.409. The van der Waals surface area contributed by atoms with E-state index >= 15 is 0 Å². The van der Waals surface area contributed by atoms with Gasteiger partial charge >= 0.3 is 0 Å². The van der Waals surface area contributed by atoms with Crippen LogP contribution in [-0.4, -0.2) is 11.1 Å². The number of nitrogens with zero attached hydrogens (tertiary/aromatic N) is 2. The number of benzene rings is 3. The average molecular weight is 429 g/mol. The molecule has 0 bridgehead atoms. The molecule has 32 heavy (non-hydrogen) atoms. The number of rotatable bonds is 4. The van der Waals surface area contributed by atoms with Crippen LogP contribution in [0, 0.1) is 27.7 Å². The van der Waals surface area contributed by atoms with Crippen LogP contribution < -0.4 is 9.80 Å². The van der Waals surface area contributed by atoms with Crippen molar-refractivity contribution in [2.45, 2.75) is 80.3 Å². The summed E-state index contributed by atoms with van der Waals surface area (Å²) in [6, 6.07) is 22.1. The summed E-state index contributed by atoms with van der Waals surface area (Å²) < 4.78 is 0. The van der Waals surface area contributed by atoms with Crippen molar-refractivity contribution in [2.75, 3.05) is 9.80 Å². The Hall–Kier alpha value is -2.74. The summed E-state index contributed by atoms with van der Waals surface area (Å²) in [5.74, 6) is 0. The highest BCUT2D eigenvalue weighted by Gasteiger charge is 2.33. The van der Waals surface area contributed by atoms with Gasteiger partial charge in [0.25, 0.3) is 0 Å². The second kappa shape index (κ2) is 8.65. The van der Waals surface area contributed by atoms with Crippen LogP contribution in [0.2, 0.25) is 0 Å². The summed E-state index contributed by atoms with van der Waals surface area (Å²) in [5, 5.41) is 0. The number of aryl methyl sites for hydroxylation is 4. The molecule has 3 aromatic carbocycles. The van der Waals surface area contributed by atoms with Gasteiger partial charge in [0.15, 0.2) is 0 Å². The SMILES string of the molecule is Cc1cccc(C)c1N(c1ccccc1N(c1c(C)cccc1C)C(C)(C)C)C(C)(C)C. The van der Waals surface area contributed by atoms with Gasteiger partial charge in [-0.1, -0.05) is 48.5 Å². The van der Waals surface area contributed by atoms with E-state index < -0.39 is 0 Å². The first-order chi connectivity index (χ1) is 14.8. The fraction of sp³-hybridized carbons (Fsp3) is 0.400. The molecule has 0 saturated carbocycles. The maximum absolute atomic E-state index is 2.53. The van der Waals surface area contributed by atoms with Crippen LogP contribution >= 0.6 is 0 Å². The van der Waals surface area contributed by atoms with Gasteiger partial charge in [0.1, 0.15) is 0 Å². The fourth-order valence-electron chi connectivity index (χ4n) is 4.79. The first-order valence-electron chi connectivity index (χ1n) is 11.7. The van der Waals surface area contributed by atoms with Gasteiger partial charge in [0.2, 0.25) is 0 Å². The molecule has 2 heteroatoms. The Labute approximate surface area is 195 Å². The molecule has 0 spiro atoms. The Morgan fingerprint density at radius 1 is 0.438 bits per heavy atom.